The molecule has 96 valence electrons. The molecule has 1 aromatic heterocycles. The van der Waals surface area contributed by atoms with Gasteiger partial charge in [-0.05, 0) is 0 Å². The minimum absolute atomic E-state index is 0.368. The van der Waals surface area contributed by atoms with Crippen LogP contribution in [-0.4, -0.2) is 11.3 Å². The van der Waals surface area contributed by atoms with Gasteiger partial charge in [0.2, 0.25) is 0 Å². The SMILES string of the molecule is NCc1ncc(F)c(C(F)F)c1OC(F)(F)F. The second-order valence-corrected chi connectivity index (χ2v) is 2.85. The molecule has 1 heterocycles. The first-order valence-electron chi connectivity index (χ1n) is 4.17. The van der Waals surface area contributed by atoms with E-state index in [1.165, 1.54) is 0 Å². The highest BCUT2D eigenvalue weighted by Gasteiger charge is 2.36. The zero-order chi connectivity index (χ0) is 13.2. The molecule has 0 saturated carbocycles. The van der Waals surface area contributed by atoms with Crippen molar-refractivity contribution in [3.8, 4) is 5.75 Å². The summed E-state index contributed by atoms with van der Waals surface area (Å²) in [5, 5.41) is 0. The molecule has 1 rings (SSSR count). The normalized spacial score (nSPS) is 12.0. The lowest BCUT2D eigenvalue weighted by atomic mass is 10.2. The van der Waals surface area contributed by atoms with Crippen molar-refractivity contribution in [2.75, 3.05) is 0 Å². The van der Waals surface area contributed by atoms with Gasteiger partial charge in [-0.2, -0.15) is 0 Å². The molecule has 0 unspecified atom stereocenters. The average molecular weight is 260 g/mol. The molecule has 0 aliphatic carbocycles. The Morgan fingerprint density at radius 3 is 2.35 bits per heavy atom. The molecule has 0 fully saturated rings. The molecular formula is C8H6F6N2O. The van der Waals surface area contributed by atoms with E-state index in [9.17, 15) is 26.3 Å². The summed E-state index contributed by atoms with van der Waals surface area (Å²) in [6, 6.07) is 0. The van der Waals surface area contributed by atoms with Crippen LogP contribution in [0.25, 0.3) is 0 Å². The van der Waals surface area contributed by atoms with E-state index in [-0.39, 0.29) is 0 Å². The lowest BCUT2D eigenvalue weighted by Crippen LogP contribution is -2.21. The van der Waals surface area contributed by atoms with Crippen molar-refractivity contribution < 1.29 is 31.1 Å². The Morgan fingerprint density at radius 1 is 1.35 bits per heavy atom. The highest BCUT2D eigenvalue weighted by Crippen LogP contribution is 2.36. The standard InChI is InChI=1S/C8H6F6N2O/c9-3-2-16-4(1-15)6(5(3)7(10)11)17-8(12,13)14/h2,7H,1,15H2. The Hall–Kier alpha value is -1.51. The van der Waals surface area contributed by atoms with Gasteiger partial charge >= 0.3 is 6.36 Å². The summed E-state index contributed by atoms with van der Waals surface area (Å²) < 4.78 is 77.1. The van der Waals surface area contributed by atoms with Crippen molar-refractivity contribution >= 4 is 0 Å². The first kappa shape index (κ1) is 13.6. The maximum absolute atomic E-state index is 13.0. The molecular weight excluding hydrogens is 254 g/mol. The van der Waals surface area contributed by atoms with Crippen LogP contribution in [0.3, 0.4) is 0 Å². The summed E-state index contributed by atoms with van der Waals surface area (Å²) in [6.45, 7) is -0.592. The lowest BCUT2D eigenvalue weighted by Gasteiger charge is -2.15. The molecule has 0 amide bonds. The third-order valence-electron chi connectivity index (χ3n) is 1.73. The summed E-state index contributed by atoms with van der Waals surface area (Å²) >= 11 is 0. The van der Waals surface area contributed by atoms with Crippen LogP contribution >= 0.6 is 0 Å². The maximum atomic E-state index is 13.0. The molecule has 0 aliphatic rings. The first-order chi connectivity index (χ1) is 7.76. The Labute approximate surface area is 91.2 Å². The Balaban J connectivity index is 3.35. The van der Waals surface area contributed by atoms with Crippen molar-refractivity contribution in [3.05, 3.63) is 23.3 Å². The topological polar surface area (TPSA) is 48.1 Å². The number of hydrogen-bond acceptors (Lipinski definition) is 3. The summed E-state index contributed by atoms with van der Waals surface area (Å²) in [5.74, 6) is -2.97. The fourth-order valence-corrected chi connectivity index (χ4v) is 1.11. The van der Waals surface area contributed by atoms with E-state index in [1.807, 2.05) is 0 Å². The number of ether oxygens (including phenoxy) is 1. The van der Waals surface area contributed by atoms with Crippen LogP contribution in [-0.2, 0) is 6.54 Å². The molecule has 0 aliphatic heterocycles. The monoisotopic (exact) mass is 260 g/mol. The first-order valence-corrected chi connectivity index (χ1v) is 4.17. The van der Waals surface area contributed by atoms with Crippen LogP contribution in [0.2, 0.25) is 0 Å². The number of halogens is 6. The van der Waals surface area contributed by atoms with Gasteiger partial charge in [-0.3, -0.25) is 4.98 Å². The van der Waals surface area contributed by atoms with Gasteiger partial charge in [-0.1, -0.05) is 0 Å². The highest BCUT2D eigenvalue weighted by atomic mass is 19.4. The number of alkyl halides is 5. The zero-order valence-electron chi connectivity index (χ0n) is 8.06. The van der Waals surface area contributed by atoms with Gasteiger partial charge < -0.3 is 10.5 Å². The van der Waals surface area contributed by atoms with E-state index in [4.69, 9.17) is 5.73 Å². The van der Waals surface area contributed by atoms with Crippen LogP contribution in [0.4, 0.5) is 26.3 Å². The molecule has 1 aromatic rings. The molecule has 17 heavy (non-hydrogen) atoms. The van der Waals surface area contributed by atoms with Crippen molar-refractivity contribution in [3.63, 3.8) is 0 Å². The summed E-state index contributed by atoms with van der Waals surface area (Å²) in [7, 11) is 0. The smallest absolute Gasteiger partial charge is 0.403 e. The molecule has 0 saturated heterocycles. The average Bonchev–Trinajstić information content (AvgIpc) is 2.15. The molecule has 0 bridgehead atoms. The fraction of sp³-hybridized carbons (Fsp3) is 0.375. The Kier molecular flexibility index (Phi) is 3.81. The van der Waals surface area contributed by atoms with Crippen LogP contribution < -0.4 is 10.5 Å². The van der Waals surface area contributed by atoms with Crippen LogP contribution in [0.5, 0.6) is 5.75 Å². The number of hydrogen-bond donors (Lipinski definition) is 1. The molecule has 3 nitrogen and oxygen atoms in total. The number of aromatic nitrogens is 1. The largest absolute Gasteiger partial charge is 0.573 e. The second kappa shape index (κ2) is 4.78. The zero-order valence-corrected chi connectivity index (χ0v) is 8.06. The van der Waals surface area contributed by atoms with E-state index >= 15 is 0 Å². The molecule has 9 heteroatoms. The molecule has 0 radical (unpaired) electrons. The summed E-state index contributed by atoms with van der Waals surface area (Å²) in [4.78, 5) is 3.17. The fourth-order valence-electron chi connectivity index (χ4n) is 1.11. The summed E-state index contributed by atoms with van der Waals surface area (Å²) in [5.41, 5.74) is 2.91. The van der Waals surface area contributed by atoms with Gasteiger partial charge in [0.25, 0.3) is 6.43 Å². The van der Waals surface area contributed by atoms with Gasteiger partial charge in [0, 0.05) is 6.54 Å². The van der Waals surface area contributed by atoms with Gasteiger partial charge in [0.15, 0.2) is 11.6 Å². The van der Waals surface area contributed by atoms with Gasteiger partial charge in [0.1, 0.15) is 0 Å². The van der Waals surface area contributed by atoms with E-state index in [0.717, 1.165) is 0 Å². The number of nitrogens with two attached hydrogens (primary N) is 1. The van der Waals surface area contributed by atoms with Crippen LogP contribution in [0.15, 0.2) is 6.20 Å². The minimum Gasteiger partial charge on any atom is -0.403 e. The third-order valence-corrected chi connectivity index (χ3v) is 1.73. The molecule has 0 aromatic carbocycles. The second-order valence-electron chi connectivity index (χ2n) is 2.85. The van der Waals surface area contributed by atoms with E-state index in [2.05, 4.69) is 9.72 Å². The van der Waals surface area contributed by atoms with E-state index in [1.54, 1.807) is 0 Å². The number of pyridine rings is 1. The lowest BCUT2D eigenvalue weighted by molar-refractivity contribution is -0.275. The van der Waals surface area contributed by atoms with Crippen LogP contribution in [0.1, 0.15) is 17.7 Å². The van der Waals surface area contributed by atoms with Crippen molar-refractivity contribution in [1.29, 1.82) is 0 Å². The quantitative estimate of drug-likeness (QED) is 0.849. The predicted octanol–water partition coefficient (Wildman–Crippen LogP) is 2.52. The number of nitrogens with zero attached hydrogens (tertiary/aromatic N) is 1. The van der Waals surface area contributed by atoms with Crippen molar-refractivity contribution in [2.45, 2.75) is 19.3 Å². The minimum atomic E-state index is -5.23. The number of rotatable bonds is 3. The van der Waals surface area contributed by atoms with E-state index < -0.39 is 42.2 Å². The highest BCUT2D eigenvalue weighted by molar-refractivity contribution is 5.39. The van der Waals surface area contributed by atoms with Crippen molar-refractivity contribution in [1.82, 2.24) is 4.98 Å². The molecule has 2 N–H and O–H groups in total. The summed E-state index contributed by atoms with van der Waals surface area (Å²) in [6.07, 6.45) is -8.34. The predicted molar refractivity (Wildman–Crippen MR) is 43.7 cm³/mol. The Bertz CT molecular complexity index is 406. The molecule has 0 spiro atoms. The van der Waals surface area contributed by atoms with Gasteiger partial charge in [-0.15, -0.1) is 13.2 Å². The maximum Gasteiger partial charge on any atom is 0.573 e. The Morgan fingerprint density at radius 2 is 1.94 bits per heavy atom. The third kappa shape index (κ3) is 3.22. The van der Waals surface area contributed by atoms with Gasteiger partial charge in [0.05, 0.1) is 17.5 Å². The van der Waals surface area contributed by atoms with Crippen molar-refractivity contribution in [2.24, 2.45) is 5.73 Å². The van der Waals surface area contributed by atoms with Crippen LogP contribution in [0, 0.1) is 5.82 Å². The molecule has 0 atom stereocenters. The van der Waals surface area contributed by atoms with E-state index in [0.29, 0.717) is 6.20 Å². The van der Waals surface area contributed by atoms with Gasteiger partial charge in [-0.25, -0.2) is 13.2 Å².